The van der Waals surface area contributed by atoms with Crippen LogP contribution in [0.4, 0.5) is 5.69 Å². The fourth-order valence-electron chi connectivity index (χ4n) is 2.24. The van der Waals surface area contributed by atoms with Gasteiger partial charge in [-0.25, -0.2) is 0 Å². The van der Waals surface area contributed by atoms with Crippen LogP contribution in [-0.2, 0) is 4.74 Å². The summed E-state index contributed by atoms with van der Waals surface area (Å²) in [5.74, 6) is 0.714. The Labute approximate surface area is 120 Å². The molecule has 0 aliphatic carbocycles. The zero-order chi connectivity index (χ0) is 14.8. The van der Waals surface area contributed by atoms with E-state index in [4.69, 9.17) is 15.0 Å². The quantitative estimate of drug-likeness (QED) is 0.671. The molecule has 8 nitrogen and oxygen atoms in total. The number of nitrogens with two attached hydrogens (primary N) is 1. The molecule has 0 saturated carbocycles. The number of nitrogens with zero attached hydrogens (tertiary/aromatic N) is 3. The van der Waals surface area contributed by atoms with Crippen molar-refractivity contribution < 1.29 is 14.2 Å². The molecule has 0 amide bonds. The minimum Gasteiger partial charge on any atom is -0.381 e. The highest BCUT2D eigenvalue weighted by Gasteiger charge is 2.29. The van der Waals surface area contributed by atoms with Gasteiger partial charge >= 0.3 is 0 Å². The number of benzene rings is 1. The molecule has 2 aromatic rings. The maximum absolute atomic E-state index is 10.6. The Morgan fingerprint density at radius 2 is 2.10 bits per heavy atom. The van der Waals surface area contributed by atoms with Crippen LogP contribution in [0.5, 0.6) is 0 Å². The first kappa shape index (κ1) is 13.7. The predicted octanol–water partition coefficient (Wildman–Crippen LogP) is 1.48. The van der Waals surface area contributed by atoms with E-state index < -0.39 is 4.92 Å². The van der Waals surface area contributed by atoms with Gasteiger partial charge in [-0.2, -0.15) is 4.98 Å². The first-order chi connectivity index (χ1) is 10.1. The number of nitro groups is 1. The first-order valence-corrected chi connectivity index (χ1v) is 6.57. The molecule has 21 heavy (non-hydrogen) atoms. The molecule has 1 saturated heterocycles. The third-order valence-corrected chi connectivity index (χ3v) is 3.51. The molecule has 0 bridgehead atoms. The van der Waals surface area contributed by atoms with E-state index in [0.29, 0.717) is 30.5 Å². The minimum atomic E-state index is -0.455. The molecule has 8 heteroatoms. The van der Waals surface area contributed by atoms with E-state index in [2.05, 4.69) is 10.1 Å². The van der Waals surface area contributed by atoms with Crippen molar-refractivity contribution in [3.05, 3.63) is 40.3 Å². The average Bonchev–Trinajstić information content (AvgIpc) is 2.97. The lowest BCUT2D eigenvalue weighted by molar-refractivity contribution is -0.384. The Morgan fingerprint density at radius 3 is 2.76 bits per heavy atom. The van der Waals surface area contributed by atoms with Crippen LogP contribution in [0.25, 0.3) is 11.4 Å². The Kier molecular flexibility index (Phi) is 3.63. The van der Waals surface area contributed by atoms with Crippen molar-refractivity contribution in [1.82, 2.24) is 10.1 Å². The highest BCUT2D eigenvalue weighted by atomic mass is 16.6. The maximum atomic E-state index is 10.6. The van der Waals surface area contributed by atoms with Gasteiger partial charge in [-0.1, -0.05) is 5.16 Å². The van der Waals surface area contributed by atoms with Crippen LogP contribution in [0, 0.1) is 10.1 Å². The number of nitro benzene ring substituents is 1. The van der Waals surface area contributed by atoms with Crippen molar-refractivity contribution in [1.29, 1.82) is 0 Å². The van der Waals surface area contributed by atoms with Crippen LogP contribution in [0.15, 0.2) is 28.8 Å². The summed E-state index contributed by atoms with van der Waals surface area (Å²) in [6, 6.07) is 5.92. The summed E-state index contributed by atoms with van der Waals surface area (Å²) < 4.78 is 10.6. The van der Waals surface area contributed by atoms with Gasteiger partial charge in [0.05, 0.1) is 17.4 Å². The topological polar surface area (TPSA) is 117 Å². The third kappa shape index (κ3) is 2.76. The lowest BCUT2D eigenvalue weighted by Crippen LogP contribution is -2.37. The smallest absolute Gasteiger partial charge is 0.269 e. The molecule has 1 aliphatic heterocycles. The summed E-state index contributed by atoms with van der Waals surface area (Å²) >= 11 is 0. The SMILES string of the molecule is NC1CCOCC1c1nc(-c2ccc([N+](=O)[O-])cc2)no1. The standard InChI is InChI=1S/C13H14N4O4/c14-11-5-6-20-7-10(11)13-15-12(16-21-13)8-1-3-9(4-2-8)17(18)19/h1-4,10-11H,5-7,14H2. The lowest BCUT2D eigenvalue weighted by atomic mass is 9.97. The molecule has 1 aliphatic rings. The monoisotopic (exact) mass is 290 g/mol. The Balaban J connectivity index is 1.82. The number of hydrogen-bond donors (Lipinski definition) is 1. The van der Waals surface area contributed by atoms with Crippen LogP contribution >= 0.6 is 0 Å². The van der Waals surface area contributed by atoms with E-state index >= 15 is 0 Å². The van der Waals surface area contributed by atoms with Crippen molar-refractivity contribution in [2.24, 2.45) is 5.73 Å². The summed E-state index contributed by atoms with van der Waals surface area (Å²) in [5, 5.41) is 14.5. The predicted molar refractivity (Wildman–Crippen MR) is 72.5 cm³/mol. The van der Waals surface area contributed by atoms with Crippen LogP contribution in [0.3, 0.4) is 0 Å². The van der Waals surface area contributed by atoms with Gasteiger partial charge in [0.2, 0.25) is 11.7 Å². The Morgan fingerprint density at radius 1 is 1.33 bits per heavy atom. The van der Waals surface area contributed by atoms with Gasteiger partial charge in [0.1, 0.15) is 0 Å². The van der Waals surface area contributed by atoms with Crippen molar-refractivity contribution in [3.63, 3.8) is 0 Å². The summed E-state index contributed by atoms with van der Waals surface area (Å²) in [6.45, 7) is 1.10. The fourth-order valence-corrected chi connectivity index (χ4v) is 2.24. The molecular weight excluding hydrogens is 276 g/mol. The van der Waals surface area contributed by atoms with E-state index in [1.54, 1.807) is 12.1 Å². The molecular formula is C13H14N4O4. The van der Waals surface area contributed by atoms with Crippen LogP contribution in [0.1, 0.15) is 18.2 Å². The molecule has 2 unspecified atom stereocenters. The van der Waals surface area contributed by atoms with Gasteiger partial charge in [-0.15, -0.1) is 0 Å². The van der Waals surface area contributed by atoms with E-state index in [9.17, 15) is 10.1 Å². The van der Waals surface area contributed by atoms with Crippen LogP contribution in [0.2, 0.25) is 0 Å². The number of hydrogen-bond acceptors (Lipinski definition) is 7. The zero-order valence-corrected chi connectivity index (χ0v) is 11.1. The van der Waals surface area contributed by atoms with Crippen molar-refractivity contribution in [2.45, 2.75) is 18.4 Å². The fraction of sp³-hybridized carbons (Fsp3) is 0.385. The zero-order valence-electron chi connectivity index (χ0n) is 11.1. The highest BCUT2D eigenvalue weighted by molar-refractivity contribution is 5.56. The largest absolute Gasteiger partial charge is 0.381 e. The average molecular weight is 290 g/mol. The van der Waals surface area contributed by atoms with E-state index in [1.807, 2.05) is 0 Å². The first-order valence-electron chi connectivity index (χ1n) is 6.57. The van der Waals surface area contributed by atoms with Gasteiger partial charge in [-0.05, 0) is 18.6 Å². The summed E-state index contributed by atoms with van der Waals surface area (Å²) in [6.07, 6.45) is 0.750. The molecule has 2 heterocycles. The van der Waals surface area contributed by atoms with Gasteiger partial charge in [0.15, 0.2) is 0 Å². The Hall–Kier alpha value is -2.32. The summed E-state index contributed by atoms with van der Waals surface area (Å²) in [4.78, 5) is 14.5. The van der Waals surface area contributed by atoms with Gasteiger partial charge < -0.3 is 15.0 Å². The molecule has 1 fully saturated rings. The third-order valence-electron chi connectivity index (χ3n) is 3.51. The molecule has 2 atom stereocenters. The lowest BCUT2D eigenvalue weighted by Gasteiger charge is -2.25. The van der Waals surface area contributed by atoms with Crippen LogP contribution in [-0.4, -0.2) is 34.3 Å². The van der Waals surface area contributed by atoms with E-state index in [1.165, 1.54) is 12.1 Å². The maximum Gasteiger partial charge on any atom is 0.269 e. The highest BCUT2D eigenvalue weighted by Crippen LogP contribution is 2.26. The Bertz CT molecular complexity index is 640. The molecule has 1 aromatic heterocycles. The van der Waals surface area contributed by atoms with Crippen LogP contribution < -0.4 is 5.73 Å². The second kappa shape index (κ2) is 5.58. The van der Waals surface area contributed by atoms with Crippen molar-refractivity contribution in [2.75, 3.05) is 13.2 Å². The molecule has 110 valence electrons. The number of non-ortho nitro benzene ring substituents is 1. The summed E-state index contributed by atoms with van der Waals surface area (Å²) in [5.41, 5.74) is 6.70. The molecule has 0 spiro atoms. The molecule has 0 radical (unpaired) electrons. The number of ether oxygens (including phenoxy) is 1. The van der Waals surface area contributed by atoms with Crippen molar-refractivity contribution in [3.8, 4) is 11.4 Å². The molecule has 2 N–H and O–H groups in total. The summed E-state index contributed by atoms with van der Waals surface area (Å²) in [7, 11) is 0. The van der Waals surface area contributed by atoms with Crippen molar-refractivity contribution >= 4 is 5.69 Å². The second-order valence-electron chi connectivity index (χ2n) is 4.89. The minimum absolute atomic E-state index is 0.0187. The van der Waals surface area contributed by atoms with Gasteiger partial charge in [0.25, 0.3) is 5.69 Å². The van der Waals surface area contributed by atoms with Gasteiger partial charge in [-0.3, -0.25) is 10.1 Å². The molecule has 1 aromatic carbocycles. The van der Waals surface area contributed by atoms with E-state index in [0.717, 1.165) is 6.42 Å². The number of rotatable bonds is 3. The van der Waals surface area contributed by atoms with Gasteiger partial charge in [0, 0.05) is 30.3 Å². The normalized spacial score (nSPS) is 22.1. The second-order valence-corrected chi connectivity index (χ2v) is 4.89. The molecule has 3 rings (SSSR count). The number of aromatic nitrogens is 2. The van der Waals surface area contributed by atoms with E-state index in [-0.39, 0.29) is 17.6 Å².